The fraction of sp³-hybridized carbons (Fsp3) is 0.400. The predicted octanol–water partition coefficient (Wildman–Crippen LogP) is 2.16. The van der Waals surface area contributed by atoms with Gasteiger partial charge >= 0.3 is 0 Å². The summed E-state index contributed by atoms with van der Waals surface area (Å²) in [5.41, 5.74) is 1.44. The molecule has 0 fully saturated rings. The van der Waals surface area contributed by atoms with E-state index in [9.17, 15) is 14.4 Å². The van der Waals surface area contributed by atoms with Crippen LogP contribution >= 0.6 is 0 Å². The molecular formula is C25H31N3O6. The molecule has 2 aromatic rings. The van der Waals surface area contributed by atoms with Crippen LogP contribution in [0, 0.1) is 0 Å². The first-order chi connectivity index (χ1) is 16.5. The molecule has 0 radical (unpaired) electrons. The highest BCUT2D eigenvalue weighted by molar-refractivity contribution is 5.90. The van der Waals surface area contributed by atoms with Crippen molar-refractivity contribution in [3.05, 3.63) is 59.7 Å². The van der Waals surface area contributed by atoms with E-state index in [0.29, 0.717) is 43.2 Å². The zero-order valence-electron chi connectivity index (χ0n) is 19.5. The average Bonchev–Trinajstić information content (AvgIpc) is 3.30. The number of carbonyl (C=O) groups is 3. The summed E-state index contributed by atoms with van der Waals surface area (Å²) in [5, 5.41) is 5.46. The first-order valence-corrected chi connectivity index (χ1v) is 11.3. The molecule has 2 N–H and O–H groups in total. The number of nitrogens with one attached hydrogen (secondary N) is 2. The van der Waals surface area contributed by atoms with Gasteiger partial charge in [-0.25, -0.2) is 0 Å². The van der Waals surface area contributed by atoms with Gasteiger partial charge in [0.15, 0.2) is 11.5 Å². The van der Waals surface area contributed by atoms with Crippen molar-refractivity contribution in [2.45, 2.75) is 32.9 Å². The van der Waals surface area contributed by atoms with Gasteiger partial charge in [-0.15, -0.1) is 0 Å². The minimum Gasteiger partial charge on any atom is -0.454 e. The van der Waals surface area contributed by atoms with Crippen molar-refractivity contribution in [2.24, 2.45) is 0 Å². The summed E-state index contributed by atoms with van der Waals surface area (Å²) in [6, 6.07) is 13.6. The number of amides is 3. The van der Waals surface area contributed by atoms with Crippen molar-refractivity contribution >= 4 is 17.7 Å². The largest absolute Gasteiger partial charge is 0.454 e. The van der Waals surface area contributed by atoms with Gasteiger partial charge in [0.05, 0.1) is 6.54 Å². The number of benzene rings is 2. The standard InChI is InChI=1S/C25H31N3O6/c1-3-32-13-7-12-26-25(31)24(20-8-5-4-6-9-20)28(23(30)15-27-18(2)29)16-19-10-11-21-22(14-19)34-17-33-21/h4-6,8-11,14,24H,3,7,12-13,15-17H2,1-2H3,(H,26,31)(H,27,29)/t24-/m0/s1. The summed E-state index contributed by atoms with van der Waals surface area (Å²) < 4.78 is 16.2. The van der Waals surface area contributed by atoms with Crippen molar-refractivity contribution in [3.63, 3.8) is 0 Å². The molecule has 1 aliphatic heterocycles. The van der Waals surface area contributed by atoms with Crippen LogP contribution in [0.2, 0.25) is 0 Å². The lowest BCUT2D eigenvalue weighted by Crippen LogP contribution is -2.47. The lowest BCUT2D eigenvalue weighted by molar-refractivity contribution is -0.141. The van der Waals surface area contributed by atoms with Crippen LogP contribution in [0.15, 0.2) is 48.5 Å². The molecule has 3 rings (SSSR count). The molecule has 0 aromatic heterocycles. The van der Waals surface area contributed by atoms with Crippen LogP contribution in [-0.4, -0.2) is 55.7 Å². The molecular weight excluding hydrogens is 438 g/mol. The maximum atomic E-state index is 13.4. The van der Waals surface area contributed by atoms with Crippen molar-refractivity contribution < 1.29 is 28.6 Å². The minimum absolute atomic E-state index is 0.140. The third-order valence-electron chi connectivity index (χ3n) is 5.24. The van der Waals surface area contributed by atoms with Crippen LogP contribution in [-0.2, 0) is 25.7 Å². The summed E-state index contributed by atoms with van der Waals surface area (Å²) in [4.78, 5) is 39.6. The molecule has 0 saturated carbocycles. The molecule has 0 spiro atoms. The van der Waals surface area contributed by atoms with E-state index in [4.69, 9.17) is 14.2 Å². The highest BCUT2D eigenvalue weighted by atomic mass is 16.7. The number of hydrogen-bond acceptors (Lipinski definition) is 6. The SMILES string of the molecule is CCOCCCNC(=O)[C@H](c1ccccc1)N(Cc1ccc2c(c1)OCO2)C(=O)CNC(C)=O. The number of nitrogens with zero attached hydrogens (tertiary/aromatic N) is 1. The number of ether oxygens (including phenoxy) is 3. The quantitative estimate of drug-likeness (QED) is 0.462. The van der Waals surface area contributed by atoms with Gasteiger partial charge in [0.2, 0.25) is 24.5 Å². The highest BCUT2D eigenvalue weighted by Gasteiger charge is 2.31. The number of hydrogen-bond donors (Lipinski definition) is 2. The van der Waals surface area contributed by atoms with Gasteiger partial charge in [-0.2, -0.15) is 0 Å². The van der Waals surface area contributed by atoms with E-state index in [1.807, 2.05) is 43.3 Å². The van der Waals surface area contributed by atoms with Gasteiger partial charge in [0.1, 0.15) is 6.04 Å². The van der Waals surface area contributed by atoms with E-state index in [2.05, 4.69) is 10.6 Å². The normalized spacial score (nSPS) is 12.6. The number of carbonyl (C=O) groups excluding carboxylic acids is 3. The molecule has 182 valence electrons. The van der Waals surface area contributed by atoms with Crippen LogP contribution in [0.5, 0.6) is 11.5 Å². The van der Waals surface area contributed by atoms with E-state index in [-0.39, 0.29) is 37.6 Å². The molecule has 34 heavy (non-hydrogen) atoms. The van der Waals surface area contributed by atoms with Gasteiger partial charge < -0.3 is 29.7 Å². The van der Waals surface area contributed by atoms with Gasteiger partial charge in [-0.3, -0.25) is 14.4 Å². The topological polar surface area (TPSA) is 106 Å². The number of rotatable bonds is 12. The Kier molecular flexibility index (Phi) is 9.28. The lowest BCUT2D eigenvalue weighted by atomic mass is 10.0. The van der Waals surface area contributed by atoms with E-state index in [1.165, 1.54) is 11.8 Å². The molecule has 0 unspecified atom stereocenters. The van der Waals surface area contributed by atoms with Gasteiger partial charge in [0, 0.05) is 33.2 Å². The first kappa shape index (κ1) is 25.0. The summed E-state index contributed by atoms with van der Waals surface area (Å²) in [6.07, 6.45) is 0.656. The van der Waals surface area contributed by atoms with Crippen molar-refractivity contribution in [2.75, 3.05) is 33.1 Å². The van der Waals surface area contributed by atoms with E-state index >= 15 is 0 Å². The predicted molar refractivity (Wildman–Crippen MR) is 125 cm³/mol. The van der Waals surface area contributed by atoms with Crippen molar-refractivity contribution in [1.29, 1.82) is 0 Å². The summed E-state index contributed by atoms with van der Waals surface area (Å²) >= 11 is 0. The lowest BCUT2D eigenvalue weighted by Gasteiger charge is -2.31. The second kappa shape index (κ2) is 12.6. The minimum atomic E-state index is -0.889. The Bertz CT molecular complexity index is 982. The van der Waals surface area contributed by atoms with Crippen molar-refractivity contribution in [3.8, 4) is 11.5 Å². The third kappa shape index (κ3) is 6.95. The van der Waals surface area contributed by atoms with Gasteiger partial charge in [0.25, 0.3) is 0 Å². The van der Waals surface area contributed by atoms with E-state index < -0.39 is 6.04 Å². The molecule has 1 atom stereocenters. The molecule has 9 heteroatoms. The zero-order valence-corrected chi connectivity index (χ0v) is 19.5. The first-order valence-electron chi connectivity index (χ1n) is 11.3. The Hall–Kier alpha value is -3.59. The van der Waals surface area contributed by atoms with Crippen LogP contribution in [0.3, 0.4) is 0 Å². The van der Waals surface area contributed by atoms with Crippen LogP contribution in [0.4, 0.5) is 0 Å². The maximum Gasteiger partial charge on any atom is 0.247 e. The Balaban J connectivity index is 1.87. The molecule has 2 aromatic carbocycles. The van der Waals surface area contributed by atoms with E-state index in [0.717, 1.165) is 5.56 Å². The average molecular weight is 470 g/mol. The Morgan fingerprint density at radius 1 is 1.06 bits per heavy atom. The molecule has 0 bridgehead atoms. The fourth-order valence-corrected chi connectivity index (χ4v) is 3.60. The molecule has 0 aliphatic carbocycles. The van der Waals surface area contributed by atoms with E-state index in [1.54, 1.807) is 12.1 Å². The Morgan fingerprint density at radius 2 is 1.82 bits per heavy atom. The Labute approximate surface area is 199 Å². The summed E-state index contributed by atoms with van der Waals surface area (Å²) in [5.74, 6) is 0.203. The van der Waals surface area contributed by atoms with Gasteiger partial charge in [-0.05, 0) is 36.6 Å². The smallest absolute Gasteiger partial charge is 0.247 e. The molecule has 1 aliphatic rings. The second-order valence-electron chi connectivity index (χ2n) is 7.77. The van der Waals surface area contributed by atoms with Crippen molar-refractivity contribution in [1.82, 2.24) is 15.5 Å². The molecule has 1 heterocycles. The highest BCUT2D eigenvalue weighted by Crippen LogP contribution is 2.33. The van der Waals surface area contributed by atoms with Gasteiger partial charge in [-0.1, -0.05) is 36.4 Å². The van der Waals surface area contributed by atoms with Crippen LogP contribution in [0.25, 0.3) is 0 Å². The third-order valence-corrected chi connectivity index (χ3v) is 5.24. The second-order valence-corrected chi connectivity index (χ2v) is 7.77. The molecule has 3 amide bonds. The maximum absolute atomic E-state index is 13.4. The monoisotopic (exact) mass is 469 g/mol. The molecule has 0 saturated heterocycles. The zero-order chi connectivity index (χ0) is 24.3. The number of fused-ring (bicyclic) bond motifs is 1. The molecule has 9 nitrogen and oxygen atoms in total. The van der Waals surface area contributed by atoms with Crippen LogP contribution in [0.1, 0.15) is 37.4 Å². The van der Waals surface area contributed by atoms with Crippen LogP contribution < -0.4 is 20.1 Å². The summed E-state index contributed by atoms with van der Waals surface area (Å²) in [6.45, 7) is 4.88. The Morgan fingerprint density at radius 3 is 2.56 bits per heavy atom. The summed E-state index contributed by atoms with van der Waals surface area (Å²) in [7, 11) is 0. The fourth-order valence-electron chi connectivity index (χ4n) is 3.60.